The Morgan fingerprint density at radius 3 is 2.74 bits per heavy atom. The molecule has 0 spiro atoms. The van der Waals surface area contributed by atoms with Gasteiger partial charge < -0.3 is 9.73 Å². The molecule has 0 radical (unpaired) electrons. The monoisotopic (exact) mass is 476 g/mol. The van der Waals surface area contributed by atoms with Crippen LogP contribution >= 0.6 is 11.8 Å². The summed E-state index contributed by atoms with van der Waals surface area (Å²) in [5, 5.41) is 12.0. The summed E-state index contributed by atoms with van der Waals surface area (Å²) < 4.78 is 5.88. The van der Waals surface area contributed by atoms with Gasteiger partial charge in [0.15, 0.2) is 5.17 Å². The number of fused-ring (bicyclic) bond motifs is 1. The van der Waals surface area contributed by atoms with Crippen LogP contribution in [0.2, 0.25) is 0 Å². The summed E-state index contributed by atoms with van der Waals surface area (Å²) in [6.45, 7) is 0. The summed E-state index contributed by atoms with van der Waals surface area (Å²) in [7, 11) is 0. The minimum atomic E-state index is -0.373. The number of aromatic nitrogens is 3. The highest BCUT2D eigenvalue weighted by molar-refractivity contribution is 8.13. The maximum absolute atomic E-state index is 12.4. The van der Waals surface area contributed by atoms with Crippen molar-refractivity contribution in [3.8, 4) is 11.5 Å². The molecule has 34 heavy (non-hydrogen) atoms. The van der Waals surface area contributed by atoms with Crippen molar-refractivity contribution in [2.24, 2.45) is 15.9 Å². The van der Waals surface area contributed by atoms with E-state index in [2.05, 4.69) is 30.5 Å². The van der Waals surface area contributed by atoms with Gasteiger partial charge in [0.05, 0.1) is 5.71 Å². The van der Waals surface area contributed by atoms with Gasteiger partial charge in [-0.15, -0.1) is 10.2 Å². The lowest BCUT2D eigenvalue weighted by Crippen LogP contribution is -2.37. The van der Waals surface area contributed by atoms with Gasteiger partial charge >= 0.3 is 0 Å². The van der Waals surface area contributed by atoms with E-state index in [1.165, 1.54) is 11.8 Å². The lowest BCUT2D eigenvalue weighted by atomic mass is 9.86. The average molecular weight is 477 g/mol. The zero-order chi connectivity index (χ0) is 23.3. The summed E-state index contributed by atoms with van der Waals surface area (Å²) in [4.78, 5) is 37.1. The Bertz CT molecular complexity index is 1180. The summed E-state index contributed by atoms with van der Waals surface area (Å²) in [5.74, 6) is 1.32. The lowest BCUT2D eigenvalue weighted by molar-refractivity contribution is -0.121. The third-order valence-corrected chi connectivity index (χ3v) is 6.92. The quantitative estimate of drug-likeness (QED) is 0.677. The standard InChI is InChI=1S/C24H24N6O3S/c31-20(11-14-34-24-27-19-4-2-1-3-18(19)21(32)28-24)26-17-7-5-15(6-8-17)22-29-30-23(33-22)16-9-12-25-13-10-16/h1-4,9-10,12-13,15,17-18H,5-8,11,14H2,(H,26,31). The van der Waals surface area contributed by atoms with E-state index in [0.717, 1.165) is 31.2 Å². The molecule has 0 bridgehead atoms. The third kappa shape index (κ3) is 5.22. The summed E-state index contributed by atoms with van der Waals surface area (Å²) in [5.41, 5.74) is 1.56. The highest BCUT2D eigenvalue weighted by atomic mass is 32.2. The van der Waals surface area contributed by atoms with Gasteiger partial charge in [0.2, 0.25) is 17.7 Å². The second-order valence-corrected chi connectivity index (χ2v) is 9.45. The van der Waals surface area contributed by atoms with Gasteiger partial charge in [0.1, 0.15) is 5.92 Å². The van der Waals surface area contributed by atoms with Crippen LogP contribution in [0.4, 0.5) is 0 Å². The second-order valence-electron chi connectivity index (χ2n) is 8.39. The van der Waals surface area contributed by atoms with Crippen molar-refractivity contribution in [2.45, 2.75) is 44.1 Å². The van der Waals surface area contributed by atoms with Crippen molar-refractivity contribution >= 4 is 34.5 Å². The number of nitrogens with one attached hydrogen (secondary N) is 1. The predicted octanol–water partition coefficient (Wildman–Crippen LogP) is 3.48. The van der Waals surface area contributed by atoms with Crippen molar-refractivity contribution < 1.29 is 14.0 Å². The molecule has 2 aromatic heterocycles. The predicted molar refractivity (Wildman–Crippen MR) is 129 cm³/mol. The molecule has 0 saturated heterocycles. The van der Waals surface area contributed by atoms with Crippen LogP contribution in [-0.2, 0) is 9.59 Å². The normalized spacial score (nSPS) is 23.8. The second kappa shape index (κ2) is 10.3. The molecule has 10 heteroatoms. The molecule has 2 aromatic rings. The molecule has 9 nitrogen and oxygen atoms in total. The van der Waals surface area contributed by atoms with Gasteiger partial charge in [-0.3, -0.25) is 14.6 Å². The van der Waals surface area contributed by atoms with E-state index in [4.69, 9.17) is 4.42 Å². The minimum absolute atomic E-state index is 0.00229. The molecular formula is C24H24N6O3S. The zero-order valence-electron chi connectivity index (χ0n) is 18.5. The smallest absolute Gasteiger partial charge is 0.261 e. The Morgan fingerprint density at radius 2 is 1.91 bits per heavy atom. The molecule has 1 N–H and O–H groups in total. The van der Waals surface area contributed by atoms with Crippen LogP contribution in [0.5, 0.6) is 0 Å². The Hall–Kier alpha value is -3.40. The fraction of sp³-hybridized carbons (Fsp3) is 0.375. The number of carbonyl (C=O) groups is 2. The van der Waals surface area contributed by atoms with E-state index >= 15 is 0 Å². The molecule has 1 aliphatic heterocycles. The summed E-state index contributed by atoms with van der Waals surface area (Å²) in [6, 6.07) is 3.83. The number of hydrogen-bond donors (Lipinski definition) is 1. The van der Waals surface area contributed by atoms with Crippen molar-refractivity contribution in [1.82, 2.24) is 20.5 Å². The van der Waals surface area contributed by atoms with Gasteiger partial charge in [-0.2, -0.15) is 4.99 Å². The lowest BCUT2D eigenvalue weighted by Gasteiger charge is -2.27. The van der Waals surface area contributed by atoms with Gasteiger partial charge in [0.25, 0.3) is 5.91 Å². The van der Waals surface area contributed by atoms with Gasteiger partial charge in [-0.05, 0) is 43.9 Å². The summed E-state index contributed by atoms with van der Waals surface area (Å²) >= 11 is 1.34. The van der Waals surface area contributed by atoms with Crippen LogP contribution < -0.4 is 5.32 Å². The molecule has 174 valence electrons. The zero-order valence-corrected chi connectivity index (χ0v) is 19.3. The average Bonchev–Trinajstić information content (AvgIpc) is 3.36. The van der Waals surface area contributed by atoms with Crippen molar-refractivity contribution in [1.29, 1.82) is 0 Å². The Morgan fingerprint density at radius 1 is 1.09 bits per heavy atom. The number of amides is 2. The number of thioether (sulfide) groups is 1. The molecule has 0 aromatic carbocycles. The maximum Gasteiger partial charge on any atom is 0.261 e. The van der Waals surface area contributed by atoms with Crippen molar-refractivity contribution in [3.05, 3.63) is 54.7 Å². The fourth-order valence-corrected chi connectivity index (χ4v) is 5.04. The molecule has 3 heterocycles. The molecule has 1 atom stereocenters. The number of nitrogens with zero attached hydrogens (tertiary/aromatic N) is 5. The topological polar surface area (TPSA) is 123 Å². The van der Waals surface area contributed by atoms with E-state index in [0.29, 0.717) is 34.8 Å². The largest absolute Gasteiger partial charge is 0.420 e. The Labute approximate surface area is 201 Å². The first-order chi connectivity index (χ1) is 16.7. The minimum Gasteiger partial charge on any atom is -0.420 e. The molecule has 1 unspecified atom stereocenters. The highest BCUT2D eigenvalue weighted by Gasteiger charge is 2.28. The van der Waals surface area contributed by atoms with Gasteiger partial charge in [-0.1, -0.05) is 30.0 Å². The van der Waals surface area contributed by atoms with Crippen LogP contribution in [-0.4, -0.2) is 49.7 Å². The molecule has 5 rings (SSSR count). The molecule has 2 aliphatic carbocycles. The van der Waals surface area contributed by atoms with Crippen molar-refractivity contribution in [3.63, 3.8) is 0 Å². The van der Waals surface area contributed by atoms with E-state index < -0.39 is 0 Å². The third-order valence-electron chi connectivity index (χ3n) is 6.07. The number of hydrogen-bond acceptors (Lipinski definition) is 8. The van der Waals surface area contributed by atoms with Crippen LogP contribution in [0, 0.1) is 5.92 Å². The molecule has 1 fully saturated rings. The van der Waals surface area contributed by atoms with Crippen LogP contribution in [0.15, 0.2) is 63.2 Å². The van der Waals surface area contributed by atoms with Crippen LogP contribution in [0.1, 0.15) is 43.9 Å². The highest BCUT2D eigenvalue weighted by Crippen LogP contribution is 2.33. The van der Waals surface area contributed by atoms with E-state index in [9.17, 15) is 9.59 Å². The van der Waals surface area contributed by atoms with E-state index in [-0.39, 0.29) is 29.7 Å². The van der Waals surface area contributed by atoms with Crippen LogP contribution in [0.25, 0.3) is 11.5 Å². The van der Waals surface area contributed by atoms with Gasteiger partial charge in [0, 0.05) is 42.1 Å². The first-order valence-electron chi connectivity index (χ1n) is 11.4. The number of aliphatic imine (C=N–C) groups is 2. The Kier molecular flexibility index (Phi) is 6.75. The molecule has 2 amide bonds. The molecular weight excluding hydrogens is 452 g/mol. The first kappa shape index (κ1) is 22.4. The number of rotatable bonds is 6. The summed E-state index contributed by atoms with van der Waals surface area (Å²) in [6.07, 6.45) is 14.6. The number of carbonyl (C=O) groups excluding carboxylic acids is 2. The fourth-order valence-electron chi connectivity index (χ4n) is 4.24. The molecule has 1 saturated carbocycles. The van der Waals surface area contributed by atoms with Gasteiger partial charge in [-0.25, -0.2) is 4.99 Å². The molecule has 3 aliphatic rings. The number of pyridine rings is 1. The number of amidine groups is 1. The van der Waals surface area contributed by atoms with Crippen LogP contribution in [0.3, 0.4) is 0 Å². The SMILES string of the molecule is O=C(CCSC1=NC(=O)C2C=CC=CC2=N1)NC1CCC(c2nnc(-c3ccncc3)o2)CC1. The van der Waals surface area contributed by atoms with E-state index in [1.54, 1.807) is 18.5 Å². The first-order valence-corrected chi connectivity index (χ1v) is 12.4. The maximum atomic E-state index is 12.4. The number of allylic oxidation sites excluding steroid dienone is 3. The van der Waals surface area contributed by atoms with E-state index in [1.807, 2.05) is 30.4 Å². The Balaban J connectivity index is 1.05. The van der Waals surface area contributed by atoms with Crippen molar-refractivity contribution in [2.75, 3.05) is 5.75 Å².